The van der Waals surface area contributed by atoms with E-state index >= 15 is 0 Å². The number of alkyl halides is 3. The van der Waals surface area contributed by atoms with Gasteiger partial charge in [0.2, 0.25) is 0 Å². The van der Waals surface area contributed by atoms with Crippen molar-refractivity contribution in [3.63, 3.8) is 0 Å². The van der Waals surface area contributed by atoms with E-state index in [1.54, 1.807) is 25.7 Å². The van der Waals surface area contributed by atoms with E-state index in [0.717, 1.165) is 18.9 Å². The molecule has 0 radical (unpaired) electrons. The zero-order valence-corrected chi connectivity index (χ0v) is 15.4. The summed E-state index contributed by atoms with van der Waals surface area (Å²) in [5.74, 6) is -0.961. The normalized spacial score (nSPS) is 19.6. The van der Waals surface area contributed by atoms with Crippen LogP contribution in [0.4, 0.5) is 13.2 Å². The van der Waals surface area contributed by atoms with Crippen molar-refractivity contribution in [2.75, 3.05) is 6.54 Å². The van der Waals surface area contributed by atoms with Gasteiger partial charge in [0.25, 0.3) is 0 Å². The number of aliphatic carboxylic acids is 1. The quantitative estimate of drug-likeness (QED) is 0.839. The Balaban J connectivity index is 2.49. The number of carboxylic acids is 1. The lowest BCUT2D eigenvalue weighted by Gasteiger charge is -2.34. The molecule has 1 aromatic rings. The zero-order valence-electron chi connectivity index (χ0n) is 15.4. The number of hydrogen-bond donors (Lipinski definition) is 2. The second-order valence-corrected chi connectivity index (χ2v) is 7.89. The Morgan fingerprint density at radius 1 is 1.15 bits per heavy atom. The van der Waals surface area contributed by atoms with E-state index in [-0.39, 0.29) is 18.7 Å². The van der Waals surface area contributed by atoms with Gasteiger partial charge in [-0.15, -0.1) is 0 Å². The van der Waals surface area contributed by atoms with E-state index < -0.39 is 29.2 Å². The van der Waals surface area contributed by atoms with E-state index in [1.165, 1.54) is 6.07 Å². The predicted molar refractivity (Wildman–Crippen MR) is 91.8 cm³/mol. The summed E-state index contributed by atoms with van der Waals surface area (Å²) >= 11 is 0. The highest BCUT2D eigenvalue weighted by Gasteiger charge is 2.38. The van der Waals surface area contributed by atoms with Crippen molar-refractivity contribution in [3.8, 4) is 0 Å². The molecular formula is C19H26F3NO3. The van der Waals surface area contributed by atoms with Gasteiger partial charge in [0.1, 0.15) is 6.04 Å². The van der Waals surface area contributed by atoms with Gasteiger partial charge in [0.05, 0.1) is 12.2 Å². The monoisotopic (exact) mass is 373 g/mol. The average molecular weight is 373 g/mol. The number of benzene rings is 1. The van der Waals surface area contributed by atoms with E-state index in [0.29, 0.717) is 24.1 Å². The van der Waals surface area contributed by atoms with Crippen LogP contribution in [-0.4, -0.2) is 33.7 Å². The van der Waals surface area contributed by atoms with Crippen LogP contribution in [0.3, 0.4) is 0 Å². The molecule has 1 aliphatic rings. The van der Waals surface area contributed by atoms with Gasteiger partial charge in [-0.2, -0.15) is 13.2 Å². The summed E-state index contributed by atoms with van der Waals surface area (Å²) in [4.78, 5) is 13.1. The van der Waals surface area contributed by atoms with Crippen molar-refractivity contribution in [3.05, 3.63) is 34.4 Å². The van der Waals surface area contributed by atoms with Gasteiger partial charge in [-0.3, -0.25) is 9.69 Å². The average Bonchev–Trinajstić information content (AvgIpc) is 2.53. The Morgan fingerprint density at radius 2 is 1.77 bits per heavy atom. The lowest BCUT2D eigenvalue weighted by molar-refractivity contribution is -0.145. The first kappa shape index (κ1) is 20.7. The van der Waals surface area contributed by atoms with Crippen LogP contribution < -0.4 is 0 Å². The van der Waals surface area contributed by atoms with E-state index in [4.69, 9.17) is 0 Å². The molecule has 1 atom stereocenters. The first-order valence-electron chi connectivity index (χ1n) is 8.76. The minimum absolute atomic E-state index is 0.0837. The highest BCUT2D eigenvalue weighted by atomic mass is 19.4. The molecule has 1 saturated heterocycles. The van der Waals surface area contributed by atoms with Crippen molar-refractivity contribution in [1.82, 2.24) is 4.90 Å². The molecule has 1 aromatic carbocycles. The van der Waals surface area contributed by atoms with Crippen molar-refractivity contribution < 1.29 is 28.2 Å². The number of aliphatic hydroxyl groups excluding tert-OH is 1. The molecular weight excluding hydrogens is 347 g/mol. The first-order valence-corrected chi connectivity index (χ1v) is 8.76. The van der Waals surface area contributed by atoms with Crippen molar-refractivity contribution in [2.45, 2.75) is 70.8 Å². The third-order valence-corrected chi connectivity index (χ3v) is 4.90. The number of halogens is 3. The number of likely N-dealkylation sites (tertiary alicyclic amines) is 1. The maximum Gasteiger partial charge on any atom is 0.416 e. The summed E-state index contributed by atoms with van der Waals surface area (Å²) < 4.78 is 40.8. The predicted octanol–water partition coefficient (Wildman–Crippen LogP) is 3.93. The Hall–Kier alpha value is -1.60. The molecule has 1 fully saturated rings. The van der Waals surface area contributed by atoms with E-state index in [1.807, 2.05) is 0 Å². The molecule has 0 saturated carbocycles. The number of hydrogen-bond acceptors (Lipinski definition) is 3. The van der Waals surface area contributed by atoms with Crippen LogP contribution in [0.5, 0.6) is 0 Å². The molecule has 0 spiro atoms. The summed E-state index contributed by atoms with van der Waals surface area (Å²) in [5, 5.41) is 19.1. The van der Waals surface area contributed by atoms with Crippen LogP contribution in [-0.2, 0) is 29.5 Å². The van der Waals surface area contributed by atoms with Gasteiger partial charge in [0.15, 0.2) is 0 Å². The summed E-state index contributed by atoms with van der Waals surface area (Å²) in [6.45, 7) is 5.31. The minimum atomic E-state index is -4.51. The maximum atomic E-state index is 13.6. The van der Waals surface area contributed by atoms with E-state index in [2.05, 4.69) is 0 Å². The molecule has 0 aromatic heterocycles. The van der Waals surface area contributed by atoms with Gasteiger partial charge in [0, 0.05) is 6.54 Å². The standard InChI is InChI=1S/C19H26F3NO3/c1-18(2,3)14-9-13(11-24)12(8-15(14)19(20,21)22)10-23-7-5-4-6-16(23)17(25)26/h8-9,16,24H,4-7,10-11H2,1-3H3,(H,25,26)/t16-/m0/s1. The Bertz CT molecular complexity index is 665. The van der Waals surface area contributed by atoms with E-state index in [9.17, 15) is 28.2 Å². The lowest BCUT2D eigenvalue weighted by atomic mass is 9.81. The lowest BCUT2D eigenvalue weighted by Crippen LogP contribution is -2.44. The van der Waals surface area contributed by atoms with Crippen molar-refractivity contribution >= 4 is 5.97 Å². The van der Waals surface area contributed by atoms with Crippen LogP contribution in [0.15, 0.2) is 12.1 Å². The third kappa shape index (κ3) is 4.57. The molecule has 0 bridgehead atoms. The second kappa shape index (κ2) is 7.56. The van der Waals surface area contributed by atoms with Crippen LogP contribution in [0.25, 0.3) is 0 Å². The minimum Gasteiger partial charge on any atom is -0.480 e. The number of aliphatic hydroxyl groups is 1. The fourth-order valence-electron chi connectivity index (χ4n) is 3.52. The number of rotatable bonds is 4. The second-order valence-electron chi connectivity index (χ2n) is 7.89. The summed E-state index contributed by atoms with van der Waals surface area (Å²) in [5.41, 5.74) is -0.576. The summed E-state index contributed by atoms with van der Waals surface area (Å²) in [6.07, 6.45) is -2.43. The largest absolute Gasteiger partial charge is 0.480 e. The van der Waals surface area contributed by atoms with Crippen molar-refractivity contribution in [2.24, 2.45) is 0 Å². The van der Waals surface area contributed by atoms with Crippen LogP contribution in [0.1, 0.15) is 62.3 Å². The summed E-state index contributed by atoms with van der Waals surface area (Å²) in [6, 6.07) is 1.80. The molecule has 0 amide bonds. The third-order valence-electron chi connectivity index (χ3n) is 4.90. The van der Waals surface area contributed by atoms with Crippen LogP contribution >= 0.6 is 0 Å². The number of nitrogens with zero attached hydrogens (tertiary/aromatic N) is 1. The molecule has 2 rings (SSSR count). The van der Waals surface area contributed by atoms with Gasteiger partial charge in [-0.05, 0) is 47.6 Å². The highest BCUT2D eigenvalue weighted by molar-refractivity contribution is 5.73. The molecule has 0 aliphatic carbocycles. The van der Waals surface area contributed by atoms with Gasteiger partial charge < -0.3 is 10.2 Å². The molecule has 7 heteroatoms. The maximum absolute atomic E-state index is 13.6. The smallest absolute Gasteiger partial charge is 0.416 e. The Kier molecular flexibility index (Phi) is 6.02. The number of piperidine rings is 1. The van der Waals surface area contributed by atoms with Gasteiger partial charge >= 0.3 is 12.1 Å². The Morgan fingerprint density at radius 3 is 2.27 bits per heavy atom. The number of carbonyl (C=O) groups is 1. The fraction of sp³-hybridized carbons (Fsp3) is 0.632. The fourth-order valence-corrected chi connectivity index (χ4v) is 3.52. The SMILES string of the molecule is CC(C)(C)c1cc(CO)c(CN2CCCC[C@H]2C(=O)O)cc1C(F)(F)F. The van der Waals surface area contributed by atoms with Gasteiger partial charge in [-0.25, -0.2) is 0 Å². The zero-order chi connectivity index (χ0) is 19.7. The van der Waals surface area contributed by atoms with Crippen LogP contribution in [0, 0.1) is 0 Å². The Labute approximate surface area is 151 Å². The van der Waals surface area contributed by atoms with Crippen LogP contribution in [0.2, 0.25) is 0 Å². The highest BCUT2D eigenvalue weighted by Crippen LogP contribution is 2.39. The molecule has 2 N–H and O–H groups in total. The molecule has 146 valence electrons. The molecule has 26 heavy (non-hydrogen) atoms. The molecule has 0 unspecified atom stereocenters. The molecule has 1 aliphatic heterocycles. The molecule has 1 heterocycles. The van der Waals surface area contributed by atoms with Gasteiger partial charge in [-0.1, -0.05) is 33.3 Å². The van der Waals surface area contributed by atoms with Crippen molar-refractivity contribution in [1.29, 1.82) is 0 Å². The first-order chi connectivity index (χ1) is 11.9. The summed E-state index contributed by atoms with van der Waals surface area (Å²) in [7, 11) is 0. The number of carboxylic acid groups (broad SMARTS) is 1. The molecule has 4 nitrogen and oxygen atoms in total. The topological polar surface area (TPSA) is 60.8 Å².